The Morgan fingerprint density at radius 1 is 1.09 bits per heavy atom. The van der Waals surface area contributed by atoms with Crippen LogP contribution in [0.5, 0.6) is 0 Å². The van der Waals surface area contributed by atoms with E-state index in [2.05, 4.69) is 52.4 Å². The lowest BCUT2D eigenvalue weighted by molar-refractivity contribution is -0.885. The summed E-state index contributed by atoms with van der Waals surface area (Å²) >= 11 is 3.48. The van der Waals surface area contributed by atoms with Crippen molar-refractivity contribution in [1.29, 1.82) is 0 Å². The highest BCUT2D eigenvalue weighted by Gasteiger charge is 2.12. The summed E-state index contributed by atoms with van der Waals surface area (Å²) in [4.78, 5) is 13.3. The molecule has 0 saturated heterocycles. The predicted molar refractivity (Wildman–Crippen MR) is 94.1 cm³/mol. The number of carbonyl (C=O) groups is 1. The van der Waals surface area contributed by atoms with E-state index < -0.39 is 0 Å². The molecular weight excluding hydrogens is 340 g/mol. The zero-order valence-corrected chi connectivity index (χ0v) is 14.8. The topological polar surface area (TPSA) is 33.5 Å². The van der Waals surface area contributed by atoms with Gasteiger partial charge in [0.15, 0.2) is 6.54 Å². The summed E-state index contributed by atoms with van der Waals surface area (Å²) in [5.41, 5.74) is 4.47. The van der Waals surface area contributed by atoms with Crippen LogP contribution in [0.1, 0.15) is 16.7 Å². The van der Waals surface area contributed by atoms with E-state index in [-0.39, 0.29) is 5.91 Å². The van der Waals surface area contributed by atoms with Crippen LogP contribution in [0, 0.1) is 13.8 Å². The molecule has 0 heterocycles. The molecule has 0 saturated carbocycles. The number of anilines is 1. The van der Waals surface area contributed by atoms with E-state index in [9.17, 15) is 4.79 Å². The van der Waals surface area contributed by atoms with Gasteiger partial charge in [0.05, 0.1) is 12.7 Å². The summed E-state index contributed by atoms with van der Waals surface area (Å²) in [7, 11) is 2.03. The minimum Gasteiger partial charge on any atom is -0.326 e. The normalized spacial score (nSPS) is 12.0. The van der Waals surface area contributed by atoms with Gasteiger partial charge in [0.1, 0.15) is 6.54 Å². The number of hydrogen-bond donors (Lipinski definition) is 2. The molecule has 1 unspecified atom stereocenters. The largest absolute Gasteiger partial charge is 0.326 e. The van der Waals surface area contributed by atoms with Crippen molar-refractivity contribution in [3.05, 3.63) is 63.6 Å². The molecule has 3 nitrogen and oxygen atoms in total. The van der Waals surface area contributed by atoms with Gasteiger partial charge in [-0.1, -0.05) is 35.9 Å². The number of carbonyl (C=O) groups excluding carboxylic acids is 1. The van der Waals surface area contributed by atoms with Crippen LogP contribution in [0.25, 0.3) is 0 Å². The third-order valence-electron chi connectivity index (χ3n) is 3.49. The number of amides is 1. The molecule has 0 aliphatic heterocycles. The van der Waals surface area contributed by atoms with Crippen LogP contribution < -0.4 is 10.2 Å². The second-order valence-electron chi connectivity index (χ2n) is 5.83. The first-order valence-electron chi connectivity index (χ1n) is 7.37. The van der Waals surface area contributed by atoms with Crippen molar-refractivity contribution in [2.75, 3.05) is 18.9 Å². The van der Waals surface area contributed by atoms with Crippen molar-refractivity contribution < 1.29 is 9.69 Å². The number of nitrogens with one attached hydrogen (secondary N) is 2. The van der Waals surface area contributed by atoms with E-state index in [1.807, 2.05) is 32.2 Å². The smallest absolute Gasteiger partial charge is 0.279 e. The van der Waals surface area contributed by atoms with Gasteiger partial charge in [-0.05, 0) is 47.5 Å². The van der Waals surface area contributed by atoms with Gasteiger partial charge in [0, 0.05) is 10.0 Å². The van der Waals surface area contributed by atoms with Gasteiger partial charge >= 0.3 is 0 Å². The molecule has 116 valence electrons. The summed E-state index contributed by atoms with van der Waals surface area (Å²) in [5, 5.41) is 2.96. The van der Waals surface area contributed by atoms with E-state index in [1.165, 1.54) is 11.1 Å². The van der Waals surface area contributed by atoms with Crippen LogP contribution in [0.2, 0.25) is 0 Å². The summed E-state index contributed by atoms with van der Waals surface area (Å²) in [6, 6.07) is 14.4. The molecule has 0 aromatic heterocycles. The molecule has 0 fully saturated rings. The Bertz CT molecular complexity index is 653. The van der Waals surface area contributed by atoms with Crippen LogP contribution in [0.3, 0.4) is 0 Å². The van der Waals surface area contributed by atoms with Crippen LogP contribution in [-0.4, -0.2) is 19.5 Å². The molecule has 0 aliphatic carbocycles. The van der Waals surface area contributed by atoms with Crippen LogP contribution >= 0.6 is 15.9 Å². The average molecular weight is 362 g/mol. The number of aryl methyl sites for hydroxylation is 2. The van der Waals surface area contributed by atoms with Crippen molar-refractivity contribution >= 4 is 27.5 Å². The molecule has 0 spiro atoms. The van der Waals surface area contributed by atoms with Crippen LogP contribution in [0.4, 0.5) is 5.69 Å². The van der Waals surface area contributed by atoms with E-state index in [0.29, 0.717) is 6.54 Å². The molecule has 0 bridgehead atoms. The molecule has 1 atom stereocenters. The fourth-order valence-corrected chi connectivity index (χ4v) is 2.90. The third-order valence-corrected chi connectivity index (χ3v) is 4.14. The van der Waals surface area contributed by atoms with Crippen molar-refractivity contribution in [2.45, 2.75) is 20.4 Å². The number of rotatable bonds is 5. The van der Waals surface area contributed by atoms with Gasteiger partial charge in [0.2, 0.25) is 0 Å². The molecule has 0 radical (unpaired) electrons. The SMILES string of the molecule is Cc1ccc(C[NH+](C)CC(=O)Nc2ccc(C)cc2Br)cc1. The van der Waals surface area contributed by atoms with E-state index in [1.54, 1.807) is 0 Å². The third kappa shape index (κ3) is 4.97. The molecule has 22 heavy (non-hydrogen) atoms. The quantitative estimate of drug-likeness (QED) is 0.843. The van der Waals surface area contributed by atoms with E-state index in [0.717, 1.165) is 27.2 Å². The van der Waals surface area contributed by atoms with Gasteiger partial charge < -0.3 is 10.2 Å². The van der Waals surface area contributed by atoms with Crippen molar-refractivity contribution in [3.63, 3.8) is 0 Å². The lowest BCUT2D eigenvalue weighted by Crippen LogP contribution is -3.08. The summed E-state index contributed by atoms with van der Waals surface area (Å²) in [6.07, 6.45) is 0. The number of likely N-dealkylation sites (N-methyl/N-ethyl adjacent to an activating group) is 1. The van der Waals surface area contributed by atoms with Crippen molar-refractivity contribution in [2.24, 2.45) is 0 Å². The minimum atomic E-state index is 0.0224. The standard InChI is InChI=1S/C18H21BrN2O/c1-13-4-7-15(8-5-13)11-21(3)12-18(22)20-17-9-6-14(2)10-16(17)19/h4-10H,11-12H2,1-3H3,(H,20,22)/p+1. The summed E-state index contributed by atoms with van der Waals surface area (Å²) in [5.74, 6) is 0.0224. The zero-order chi connectivity index (χ0) is 16.1. The van der Waals surface area contributed by atoms with Crippen molar-refractivity contribution in [1.82, 2.24) is 0 Å². The number of hydrogen-bond acceptors (Lipinski definition) is 1. The second-order valence-corrected chi connectivity index (χ2v) is 6.68. The van der Waals surface area contributed by atoms with Crippen molar-refractivity contribution in [3.8, 4) is 0 Å². The number of quaternary nitrogens is 1. The fourth-order valence-electron chi connectivity index (χ4n) is 2.31. The Hall–Kier alpha value is -1.65. The van der Waals surface area contributed by atoms with Gasteiger partial charge in [-0.2, -0.15) is 0 Å². The van der Waals surface area contributed by atoms with Gasteiger partial charge in [-0.25, -0.2) is 0 Å². The van der Waals surface area contributed by atoms with Crippen LogP contribution in [-0.2, 0) is 11.3 Å². The van der Waals surface area contributed by atoms with E-state index in [4.69, 9.17) is 0 Å². The molecule has 4 heteroatoms. The second kappa shape index (κ2) is 7.56. The first kappa shape index (κ1) is 16.7. The molecule has 2 aromatic carbocycles. The fraction of sp³-hybridized carbons (Fsp3) is 0.278. The monoisotopic (exact) mass is 361 g/mol. The first-order valence-corrected chi connectivity index (χ1v) is 8.16. The Balaban J connectivity index is 1.89. The lowest BCUT2D eigenvalue weighted by Gasteiger charge is -2.14. The Kier molecular flexibility index (Phi) is 5.75. The number of benzene rings is 2. The molecule has 2 aromatic rings. The predicted octanol–water partition coefficient (Wildman–Crippen LogP) is 2.72. The highest BCUT2D eigenvalue weighted by Crippen LogP contribution is 2.22. The highest BCUT2D eigenvalue weighted by atomic mass is 79.9. The Morgan fingerprint density at radius 3 is 2.36 bits per heavy atom. The summed E-state index contributed by atoms with van der Waals surface area (Å²) in [6.45, 7) is 5.38. The zero-order valence-electron chi connectivity index (χ0n) is 13.2. The number of halogens is 1. The maximum Gasteiger partial charge on any atom is 0.279 e. The van der Waals surface area contributed by atoms with Gasteiger partial charge in [0.25, 0.3) is 5.91 Å². The van der Waals surface area contributed by atoms with Crippen LogP contribution in [0.15, 0.2) is 46.9 Å². The molecule has 0 aliphatic rings. The maximum atomic E-state index is 12.2. The molecule has 1 amide bonds. The molecule has 2 N–H and O–H groups in total. The highest BCUT2D eigenvalue weighted by molar-refractivity contribution is 9.10. The lowest BCUT2D eigenvalue weighted by atomic mass is 10.1. The van der Waals surface area contributed by atoms with Gasteiger partial charge in [-0.15, -0.1) is 0 Å². The average Bonchev–Trinajstić information content (AvgIpc) is 2.44. The Morgan fingerprint density at radius 2 is 1.73 bits per heavy atom. The summed E-state index contributed by atoms with van der Waals surface area (Å²) < 4.78 is 0.914. The Labute approximate surface area is 140 Å². The molecular formula is C18H22BrN2O+. The first-order chi connectivity index (χ1) is 10.4. The maximum absolute atomic E-state index is 12.2. The van der Waals surface area contributed by atoms with E-state index >= 15 is 0 Å². The molecule has 2 rings (SSSR count). The van der Waals surface area contributed by atoms with Gasteiger partial charge in [-0.3, -0.25) is 4.79 Å². The minimum absolute atomic E-state index is 0.0224.